The number of aliphatic hydroxyl groups is 2. The summed E-state index contributed by atoms with van der Waals surface area (Å²) in [6.45, 7) is 19.4. The van der Waals surface area contributed by atoms with E-state index in [-0.39, 0.29) is 60.9 Å². The number of nitrogens with zero attached hydrogens (tertiary/aromatic N) is 5. The Hall–Kier alpha value is -5.41. The molecule has 380 valence electrons. The third-order valence-electron chi connectivity index (χ3n) is 14.5. The summed E-state index contributed by atoms with van der Waals surface area (Å²) in [5.41, 5.74) is 5.08. The fraction of sp³-hybridized carbons (Fsp3) is 0.519. The van der Waals surface area contributed by atoms with Gasteiger partial charge in [-0.25, -0.2) is 4.98 Å². The Labute approximate surface area is 426 Å². The first-order chi connectivity index (χ1) is 33.6. The number of ether oxygens (including phenoxy) is 1. The van der Waals surface area contributed by atoms with Crippen LogP contribution in [0.15, 0.2) is 72.2 Å². The van der Waals surface area contributed by atoms with Crippen LogP contribution in [0.2, 0.25) is 5.02 Å². The topological polar surface area (TPSA) is 200 Å². The Morgan fingerprint density at radius 3 is 2.21 bits per heavy atom. The molecule has 1 aromatic heterocycles. The van der Waals surface area contributed by atoms with Gasteiger partial charge in [-0.15, -0.1) is 11.3 Å². The highest BCUT2D eigenvalue weighted by atomic mass is 35.5. The van der Waals surface area contributed by atoms with Crippen molar-refractivity contribution in [2.24, 2.45) is 16.2 Å². The fourth-order valence-corrected chi connectivity index (χ4v) is 11.8. The van der Waals surface area contributed by atoms with Gasteiger partial charge in [-0.05, 0) is 72.7 Å². The van der Waals surface area contributed by atoms with Gasteiger partial charge in [-0.1, -0.05) is 96.5 Å². The number of β-amino-alcohol motifs (C(OH)–C–C–N with tert-alkyl or cyclic N) is 1. The van der Waals surface area contributed by atoms with E-state index in [1.54, 1.807) is 23.7 Å². The van der Waals surface area contributed by atoms with Crippen LogP contribution in [-0.4, -0.2) is 136 Å². The van der Waals surface area contributed by atoms with E-state index in [0.717, 1.165) is 54.2 Å². The molecular formula is C54H69ClN8O7S. The predicted molar refractivity (Wildman–Crippen MR) is 275 cm³/mol. The second kappa shape index (κ2) is 22.1. The Balaban J connectivity index is 0.840. The zero-order valence-electron chi connectivity index (χ0n) is 42.1. The van der Waals surface area contributed by atoms with Crippen LogP contribution < -0.4 is 20.7 Å². The lowest BCUT2D eigenvalue weighted by Crippen LogP contribution is -2.74. The number of thiazole rings is 1. The van der Waals surface area contributed by atoms with Crippen molar-refractivity contribution in [2.75, 3.05) is 52.4 Å². The van der Waals surface area contributed by atoms with E-state index in [1.165, 1.54) is 16.2 Å². The van der Waals surface area contributed by atoms with E-state index in [9.17, 15) is 34.7 Å². The number of aliphatic hydroxyl groups excluding tert-OH is 2. The molecule has 0 unspecified atom stereocenters. The number of carbonyl (C=O) groups is 4. The Bertz CT molecular complexity index is 2570. The summed E-state index contributed by atoms with van der Waals surface area (Å²) in [5, 5.41) is 39.7. The van der Waals surface area contributed by atoms with Gasteiger partial charge in [0.1, 0.15) is 30.0 Å². The minimum Gasteiger partial charge on any atom is -0.489 e. The van der Waals surface area contributed by atoms with Crippen molar-refractivity contribution in [3.63, 3.8) is 0 Å². The number of halogens is 1. The number of hydrogen-bond donors (Lipinski definition) is 5. The zero-order valence-corrected chi connectivity index (χ0v) is 43.7. The summed E-state index contributed by atoms with van der Waals surface area (Å²) in [5.74, 6) is -0.762. The fourth-order valence-electron chi connectivity index (χ4n) is 10.8. The maximum Gasteiger partial charge on any atom is 0.251 e. The van der Waals surface area contributed by atoms with Crippen LogP contribution in [0.5, 0.6) is 5.75 Å². The van der Waals surface area contributed by atoms with Crippen LogP contribution >= 0.6 is 22.9 Å². The number of benzene rings is 3. The van der Waals surface area contributed by atoms with Gasteiger partial charge >= 0.3 is 0 Å². The molecule has 3 aromatic carbocycles. The number of carbonyl (C=O) groups excluding carboxylic acids is 4. The molecule has 3 fully saturated rings. The molecule has 3 aliphatic rings. The van der Waals surface area contributed by atoms with Gasteiger partial charge in [0.15, 0.2) is 0 Å². The van der Waals surface area contributed by atoms with Crippen molar-refractivity contribution in [2.45, 2.75) is 111 Å². The molecular weight excluding hydrogens is 940 g/mol. The van der Waals surface area contributed by atoms with Crippen LogP contribution in [0.4, 0.5) is 0 Å². The average molecular weight is 1010 g/mol. The number of likely N-dealkylation sites (tertiary alicyclic amines) is 1. The van der Waals surface area contributed by atoms with Gasteiger partial charge in [-0.2, -0.15) is 5.26 Å². The van der Waals surface area contributed by atoms with Crippen LogP contribution in [0.1, 0.15) is 100 Å². The Morgan fingerprint density at radius 2 is 1.62 bits per heavy atom. The second-order valence-corrected chi connectivity index (χ2v) is 22.9. The molecule has 4 amide bonds. The number of rotatable bonds is 17. The first kappa shape index (κ1) is 53.4. The van der Waals surface area contributed by atoms with Crippen molar-refractivity contribution < 1.29 is 34.1 Å². The minimum absolute atomic E-state index is 0.0383. The van der Waals surface area contributed by atoms with Crippen LogP contribution in [-0.2, 0) is 20.8 Å². The van der Waals surface area contributed by atoms with Gasteiger partial charge in [-0.3, -0.25) is 24.1 Å². The zero-order chi connectivity index (χ0) is 51.4. The molecule has 0 bridgehead atoms. The molecule has 4 aromatic rings. The van der Waals surface area contributed by atoms with Crippen molar-refractivity contribution in [3.05, 3.63) is 105 Å². The monoisotopic (exact) mass is 1010 g/mol. The quantitative estimate of drug-likeness (QED) is 0.0813. The normalized spacial score (nSPS) is 21.9. The largest absolute Gasteiger partial charge is 0.489 e. The SMILES string of the molecule is Cc1ncsc1-c1ccc([C@H](CO)NC(=O)[C@@H]2C[C@@H](O)CN2C(=O)[C@H](NC(=O)CN2CCN(CCCc3ccc(C(=O)NC4C(C)(C)C(Oc5ccc(C#N)c(Cl)c5)C4(C)C)cc3)CC2)C(C)(C)C)cc1. The van der Waals surface area contributed by atoms with Crippen molar-refractivity contribution >= 4 is 46.6 Å². The van der Waals surface area contributed by atoms with E-state index in [4.69, 9.17) is 16.3 Å². The lowest BCUT2D eigenvalue weighted by atomic mass is 9.49. The van der Waals surface area contributed by atoms with E-state index in [2.05, 4.69) is 64.5 Å². The molecule has 1 saturated carbocycles. The summed E-state index contributed by atoms with van der Waals surface area (Å²) < 4.78 is 6.38. The Morgan fingerprint density at radius 1 is 0.958 bits per heavy atom. The number of aryl methyl sites for hydroxylation is 2. The maximum atomic E-state index is 14.3. The lowest BCUT2D eigenvalue weighted by molar-refractivity contribution is -0.164. The second-order valence-electron chi connectivity index (χ2n) is 21.6. The summed E-state index contributed by atoms with van der Waals surface area (Å²) >= 11 is 7.80. The van der Waals surface area contributed by atoms with Gasteiger partial charge in [0, 0.05) is 67.6 Å². The third-order valence-corrected chi connectivity index (χ3v) is 15.8. The Kier molecular flexibility index (Phi) is 16.7. The summed E-state index contributed by atoms with van der Waals surface area (Å²) in [6.07, 6.45) is 0.709. The van der Waals surface area contributed by atoms with E-state index < -0.39 is 41.5 Å². The maximum absolute atomic E-state index is 14.3. The minimum atomic E-state index is -0.982. The van der Waals surface area contributed by atoms with Gasteiger partial charge < -0.3 is 40.7 Å². The molecule has 3 heterocycles. The molecule has 15 nitrogen and oxygen atoms in total. The molecule has 4 atom stereocenters. The number of piperazine rings is 1. The highest BCUT2D eigenvalue weighted by molar-refractivity contribution is 7.13. The number of nitrogens with one attached hydrogen (secondary N) is 3. The first-order valence-corrected chi connectivity index (χ1v) is 25.8. The third kappa shape index (κ3) is 12.3. The highest BCUT2D eigenvalue weighted by Crippen LogP contribution is 2.55. The van der Waals surface area contributed by atoms with Gasteiger partial charge in [0.05, 0.1) is 52.0 Å². The molecule has 17 heteroatoms. The van der Waals surface area contributed by atoms with E-state index in [1.807, 2.05) is 76.2 Å². The van der Waals surface area contributed by atoms with Crippen molar-refractivity contribution in [1.29, 1.82) is 5.26 Å². The smallest absolute Gasteiger partial charge is 0.251 e. The molecule has 7 rings (SSSR count). The van der Waals surface area contributed by atoms with Gasteiger partial charge in [0.2, 0.25) is 17.7 Å². The summed E-state index contributed by atoms with van der Waals surface area (Å²) in [4.78, 5) is 66.3. The molecule has 5 N–H and O–H groups in total. The van der Waals surface area contributed by atoms with Crippen LogP contribution in [0.3, 0.4) is 0 Å². The number of aromatic nitrogens is 1. The van der Waals surface area contributed by atoms with Crippen molar-refractivity contribution in [1.82, 2.24) is 35.6 Å². The molecule has 0 radical (unpaired) electrons. The van der Waals surface area contributed by atoms with E-state index >= 15 is 0 Å². The molecule has 2 aliphatic heterocycles. The average Bonchev–Trinajstić information content (AvgIpc) is 3.96. The highest BCUT2D eigenvalue weighted by Gasteiger charge is 2.64. The molecule has 71 heavy (non-hydrogen) atoms. The molecule has 2 saturated heterocycles. The number of nitriles is 1. The van der Waals surface area contributed by atoms with Gasteiger partial charge in [0.25, 0.3) is 5.91 Å². The summed E-state index contributed by atoms with van der Waals surface area (Å²) in [6, 6.07) is 19.7. The lowest BCUT2D eigenvalue weighted by Gasteiger charge is -2.63. The van der Waals surface area contributed by atoms with Crippen LogP contribution in [0, 0.1) is 34.5 Å². The molecule has 1 aliphatic carbocycles. The van der Waals surface area contributed by atoms with E-state index in [0.29, 0.717) is 40.6 Å². The standard InChI is InChI=1S/C54H69ClN8O7S/c1-33-45(71-32-57-33)36-17-15-35(16-18-36)42(31-64)58-48(68)43-26-39(65)29-63(43)49(69)46(52(2,3)4)59-44(66)30-62-24-22-61(23-25-62)21-9-10-34-11-13-37(14-12-34)47(67)60-50-53(5,6)51(54(50,7)8)70-40-20-19-38(28-56)41(55)27-40/h11-20,27,32,39,42-43,46,50-51,64-65H,9-10,21-26,29-31H2,1-8H3,(H,58,68)(H,59,66)(H,60,67)/t39-,42+,43+,46+,50?,51?/m1/s1. The predicted octanol–water partition coefficient (Wildman–Crippen LogP) is 6.15. The molecule has 0 spiro atoms. The number of amides is 4. The first-order valence-electron chi connectivity index (χ1n) is 24.5. The van der Waals surface area contributed by atoms with Crippen molar-refractivity contribution in [3.8, 4) is 22.3 Å². The van der Waals surface area contributed by atoms with Crippen LogP contribution in [0.25, 0.3) is 10.4 Å². The summed E-state index contributed by atoms with van der Waals surface area (Å²) in [7, 11) is 0. The number of hydrogen-bond acceptors (Lipinski definition) is 12.